The lowest BCUT2D eigenvalue weighted by Crippen LogP contribution is -2.34. The molecule has 0 N–H and O–H groups in total. The maximum Gasteiger partial charge on any atom is 0.247 e. The maximum atomic E-state index is 14.2. The van der Waals surface area contributed by atoms with Crippen LogP contribution in [0.1, 0.15) is 42.2 Å². The van der Waals surface area contributed by atoms with Crippen LogP contribution in [0.5, 0.6) is 0 Å². The van der Waals surface area contributed by atoms with Crippen molar-refractivity contribution in [2.45, 2.75) is 31.7 Å². The van der Waals surface area contributed by atoms with Gasteiger partial charge in [0.05, 0.1) is 11.6 Å². The van der Waals surface area contributed by atoms with Crippen molar-refractivity contribution >= 4 is 0 Å². The van der Waals surface area contributed by atoms with Crippen LogP contribution in [0.4, 0.5) is 8.78 Å². The van der Waals surface area contributed by atoms with Crippen LogP contribution < -0.4 is 0 Å². The molecule has 0 unspecified atom stereocenters. The van der Waals surface area contributed by atoms with Gasteiger partial charge in [-0.1, -0.05) is 12.1 Å². The molecule has 0 bridgehead atoms. The van der Waals surface area contributed by atoms with E-state index in [1.807, 2.05) is 6.07 Å². The second kappa shape index (κ2) is 7.29. The Labute approximate surface area is 173 Å². The number of halogens is 2. The molecule has 1 saturated heterocycles. The summed E-state index contributed by atoms with van der Waals surface area (Å²) in [4.78, 5) is 2.25. The van der Waals surface area contributed by atoms with Gasteiger partial charge in [0.15, 0.2) is 0 Å². The molecule has 1 atom stereocenters. The minimum atomic E-state index is -0.332. The van der Waals surface area contributed by atoms with E-state index in [0.717, 1.165) is 32.4 Å². The summed E-state index contributed by atoms with van der Waals surface area (Å²) in [7, 11) is 0. The number of rotatable bonds is 4. The maximum absolute atomic E-state index is 14.2. The van der Waals surface area contributed by atoms with E-state index in [0.29, 0.717) is 35.0 Å². The summed E-state index contributed by atoms with van der Waals surface area (Å²) in [5.74, 6) is 0.554. The van der Waals surface area contributed by atoms with E-state index in [1.165, 1.54) is 18.2 Å². The van der Waals surface area contributed by atoms with E-state index >= 15 is 0 Å². The van der Waals surface area contributed by atoms with Crippen LogP contribution in [0.15, 0.2) is 46.9 Å². The first kappa shape index (κ1) is 18.9. The Bertz CT molecular complexity index is 1130. The summed E-state index contributed by atoms with van der Waals surface area (Å²) < 4.78 is 33.5. The fraction of sp³-hybridized carbons (Fsp3) is 0.348. The molecule has 2 aliphatic rings. The number of likely N-dealkylation sites (tertiary alicyclic amines) is 1. The summed E-state index contributed by atoms with van der Waals surface area (Å²) in [6.07, 6.45) is 3.00. The molecule has 0 amide bonds. The molecule has 30 heavy (non-hydrogen) atoms. The molecule has 7 heteroatoms. The van der Waals surface area contributed by atoms with E-state index in [1.54, 1.807) is 24.3 Å². The highest BCUT2D eigenvalue weighted by atomic mass is 19.1. The van der Waals surface area contributed by atoms with E-state index in [4.69, 9.17) is 9.68 Å². The third-order valence-electron chi connectivity index (χ3n) is 6.43. The lowest BCUT2D eigenvalue weighted by Gasteiger charge is -2.32. The SMILES string of the molecule is N#Cc1ccc(CN2CCC3(CC2)C[C@@H]3c2nnc(-c3cccc(F)c3)o2)c(F)c1. The summed E-state index contributed by atoms with van der Waals surface area (Å²) in [5.41, 5.74) is 1.72. The smallest absolute Gasteiger partial charge is 0.247 e. The zero-order valence-electron chi connectivity index (χ0n) is 16.3. The Morgan fingerprint density at radius 2 is 1.97 bits per heavy atom. The first-order chi connectivity index (χ1) is 14.6. The lowest BCUT2D eigenvalue weighted by molar-refractivity contribution is 0.158. The van der Waals surface area contributed by atoms with Crippen LogP contribution >= 0.6 is 0 Å². The van der Waals surface area contributed by atoms with Gasteiger partial charge in [-0.2, -0.15) is 5.26 Å². The molecule has 1 saturated carbocycles. The van der Waals surface area contributed by atoms with Crippen molar-refractivity contribution in [2.75, 3.05) is 13.1 Å². The highest BCUT2D eigenvalue weighted by Crippen LogP contribution is 2.64. The van der Waals surface area contributed by atoms with Crippen molar-refractivity contribution in [2.24, 2.45) is 5.41 Å². The zero-order valence-corrected chi connectivity index (χ0v) is 16.3. The monoisotopic (exact) mass is 406 g/mol. The van der Waals surface area contributed by atoms with Gasteiger partial charge in [0.2, 0.25) is 11.8 Å². The first-order valence-corrected chi connectivity index (χ1v) is 10.1. The minimum Gasteiger partial charge on any atom is -0.420 e. The summed E-state index contributed by atoms with van der Waals surface area (Å²) in [5, 5.41) is 17.2. The molecule has 1 aliphatic carbocycles. The molecule has 2 fully saturated rings. The predicted octanol–water partition coefficient (Wildman–Crippen LogP) is 4.66. The minimum absolute atomic E-state index is 0.172. The molecule has 2 aromatic carbocycles. The molecule has 2 heterocycles. The average Bonchev–Trinajstić information content (AvgIpc) is 3.22. The standard InChI is InChI=1S/C23H20F2N4O/c24-18-3-1-2-16(11-18)21-27-28-22(30-21)19-12-23(19)6-8-29(9-7-23)14-17-5-4-15(13-26)10-20(17)25/h1-5,10-11,19H,6-9,12,14H2/t19-/m1/s1. The van der Waals surface area contributed by atoms with E-state index in [-0.39, 0.29) is 23.0 Å². The van der Waals surface area contributed by atoms with Crippen molar-refractivity contribution in [1.29, 1.82) is 5.26 Å². The number of piperidine rings is 1. The van der Waals surface area contributed by atoms with Crippen molar-refractivity contribution in [3.8, 4) is 17.5 Å². The van der Waals surface area contributed by atoms with E-state index < -0.39 is 0 Å². The molecule has 1 aromatic heterocycles. The molecular formula is C23H20F2N4O. The van der Waals surface area contributed by atoms with Gasteiger partial charge >= 0.3 is 0 Å². The zero-order chi connectivity index (χ0) is 20.7. The fourth-order valence-corrected chi connectivity index (χ4v) is 4.51. The molecule has 1 spiro atoms. The highest BCUT2D eigenvalue weighted by molar-refractivity contribution is 5.52. The second-order valence-electron chi connectivity index (χ2n) is 8.27. The van der Waals surface area contributed by atoms with Gasteiger partial charge in [-0.05, 0) is 68.1 Å². The Morgan fingerprint density at radius 1 is 1.13 bits per heavy atom. The number of nitrogens with zero attached hydrogens (tertiary/aromatic N) is 4. The molecular weight excluding hydrogens is 386 g/mol. The van der Waals surface area contributed by atoms with Crippen LogP contribution in [-0.4, -0.2) is 28.2 Å². The van der Waals surface area contributed by atoms with Crippen LogP contribution in [-0.2, 0) is 6.54 Å². The van der Waals surface area contributed by atoms with Crippen molar-refractivity contribution in [3.63, 3.8) is 0 Å². The number of benzene rings is 2. The predicted molar refractivity (Wildman–Crippen MR) is 105 cm³/mol. The third-order valence-corrected chi connectivity index (χ3v) is 6.43. The van der Waals surface area contributed by atoms with Gasteiger partial charge in [-0.25, -0.2) is 8.78 Å². The average molecular weight is 406 g/mol. The van der Waals surface area contributed by atoms with Gasteiger partial charge in [-0.3, -0.25) is 4.90 Å². The lowest BCUT2D eigenvalue weighted by atomic mass is 9.90. The quantitative estimate of drug-likeness (QED) is 0.631. The molecule has 5 rings (SSSR count). The Kier molecular flexibility index (Phi) is 4.59. The number of aromatic nitrogens is 2. The van der Waals surface area contributed by atoms with Crippen LogP contribution in [0.25, 0.3) is 11.5 Å². The van der Waals surface area contributed by atoms with Crippen LogP contribution in [0.2, 0.25) is 0 Å². The van der Waals surface area contributed by atoms with Gasteiger partial charge < -0.3 is 4.42 Å². The first-order valence-electron chi connectivity index (χ1n) is 10.1. The Morgan fingerprint density at radius 3 is 2.70 bits per heavy atom. The second-order valence-corrected chi connectivity index (χ2v) is 8.27. The summed E-state index contributed by atoms with van der Waals surface area (Å²) in [6.45, 7) is 2.30. The van der Waals surface area contributed by atoms with E-state index in [2.05, 4.69) is 15.1 Å². The van der Waals surface area contributed by atoms with Gasteiger partial charge in [0.1, 0.15) is 11.6 Å². The number of hydrogen-bond donors (Lipinski definition) is 0. The van der Waals surface area contributed by atoms with Crippen LogP contribution in [0, 0.1) is 28.4 Å². The number of nitriles is 1. The van der Waals surface area contributed by atoms with Crippen molar-refractivity contribution in [1.82, 2.24) is 15.1 Å². The molecule has 3 aromatic rings. The summed E-state index contributed by atoms with van der Waals surface area (Å²) >= 11 is 0. The normalized spacial score (nSPS) is 20.2. The van der Waals surface area contributed by atoms with Crippen molar-refractivity contribution in [3.05, 3.63) is 71.1 Å². The third kappa shape index (κ3) is 3.48. The Hall–Kier alpha value is -3.11. The highest BCUT2D eigenvalue weighted by Gasteiger charge is 2.58. The Balaban J connectivity index is 1.21. The van der Waals surface area contributed by atoms with Gasteiger partial charge in [0.25, 0.3) is 0 Å². The molecule has 5 nitrogen and oxygen atoms in total. The molecule has 152 valence electrons. The van der Waals surface area contributed by atoms with Gasteiger partial charge in [-0.15, -0.1) is 10.2 Å². The topological polar surface area (TPSA) is 66.0 Å². The molecule has 0 radical (unpaired) electrons. The fourth-order valence-electron chi connectivity index (χ4n) is 4.51. The van der Waals surface area contributed by atoms with E-state index in [9.17, 15) is 8.78 Å². The summed E-state index contributed by atoms with van der Waals surface area (Å²) in [6, 6.07) is 12.8. The van der Waals surface area contributed by atoms with Crippen LogP contribution in [0.3, 0.4) is 0 Å². The number of hydrogen-bond acceptors (Lipinski definition) is 5. The molecule has 1 aliphatic heterocycles. The van der Waals surface area contributed by atoms with Gasteiger partial charge in [0, 0.05) is 23.6 Å². The van der Waals surface area contributed by atoms with Crippen molar-refractivity contribution < 1.29 is 13.2 Å². The largest absolute Gasteiger partial charge is 0.420 e.